The summed E-state index contributed by atoms with van der Waals surface area (Å²) in [6, 6.07) is 2.34. The summed E-state index contributed by atoms with van der Waals surface area (Å²) in [5.41, 5.74) is 0. The molecule has 0 radical (unpaired) electrons. The van der Waals surface area contributed by atoms with E-state index in [0.717, 1.165) is 0 Å². The molecule has 0 rings (SSSR count). The van der Waals surface area contributed by atoms with Gasteiger partial charge in [0.15, 0.2) is 0 Å². The Morgan fingerprint density at radius 1 is 0.722 bits per heavy atom. The molecule has 0 aromatic heterocycles. The first-order valence-corrected chi connectivity index (χ1v) is 4.89. The van der Waals surface area contributed by atoms with Crippen molar-refractivity contribution in [2.45, 2.75) is 26.2 Å². The molecule has 2 nitrogen and oxygen atoms in total. The van der Waals surface area contributed by atoms with Crippen LogP contribution >= 0.6 is 0 Å². The molecule has 4 atom stereocenters. The Balaban J connectivity index is 5.29. The van der Waals surface area contributed by atoms with Gasteiger partial charge in [0.05, 0.1) is 35.8 Å². The lowest BCUT2D eigenvalue weighted by molar-refractivity contribution is -0.203. The summed E-state index contributed by atoms with van der Waals surface area (Å²) in [5.74, 6) is -8.69. The van der Waals surface area contributed by atoms with Crippen LogP contribution in [0.15, 0.2) is 0 Å². The SMILES string of the molecule is CC(C(C#N)C(C#N)C(C)C(F)(F)F)C(F)(F)F. The molecule has 0 fully saturated rings. The second kappa shape index (κ2) is 5.47. The topological polar surface area (TPSA) is 47.6 Å². The predicted octanol–water partition coefficient (Wildman–Crippen LogP) is 3.66. The minimum atomic E-state index is -4.82. The van der Waals surface area contributed by atoms with Gasteiger partial charge < -0.3 is 0 Å². The van der Waals surface area contributed by atoms with Crippen LogP contribution in [0.3, 0.4) is 0 Å². The Morgan fingerprint density at radius 3 is 1.06 bits per heavy atom. The maximum Gasteiger partial charge on any atom is 0.392 e. The molecule has 0 spiro atoms. The van der Waals surface area contributed by atoms with Crippen LogP contribution < -0.4 is 0 Å². The summed E-state index contributed by atoms with van der Waals surface area (Å²) < 4.78 is 74.4. The molecule has 0 aliphatic rings. The lowest BCUT2D eigenvalue weighted by atomic mass is 9.77. The van der Waals surface area contributed by atoms with E-state index in [1.807, 2.05) is 0 Å². The summed E-state index contributed by atoms with van der Waals surface area (Å²) >= 11 is 0. The van der Waals surface area contributed by atoms with Gasteiger partial charge in [-0.1, -0.05) is 13.8 Å². The van der Waals surface area contributed by atoms with E-state index in [2.05, 4.69) is 0 Å². The average molecular weight is 272 g/mol. The molecule has 0 amide bonds. The molecule has 0 heterocycles. The lowest BCUT2D eigenvalue weighted by Gasteiger charge is -2.28. The predicted molar refractivity (Wildman–Crippen MR) is 48.6 cm³/mol. The molecular weight excluding hydrogens is 262 g/mol. The second-order valence-electron chi connectivity index (χ2n) is 3.97. The molecule has 0 aliphatic heterocycles. The van der Waals surface area contributed by atoms with Crippen molar-refractivity contribution in [1.29, 1.82) is 10.5 Å². The van der Waals surface area contributed by atoms with Crippen LogP contribution in [-0.4, -0.2) is 12.4 Å². The van der Waals surface area contributed by atoms with Crippen LogP contribution in [0.1, 0.15) is 13.8 Å². The van der Waals surface area contributed by atoms with Gasteiger partial charge in [0.25, 0.3) is 0 Å². The zero-order valence-corrected chi connectivity index (χ0v) is 9.47. The summed E-state index contributed by atoms with van der Waals surface area (Å²) in [6.07, 6.45) is -9.64. The van der Waals surface area contributed by atoms with Gasteiger partial charge in [0.1, 0.15) is 0 Å². The molecule has 8 heteroatoms. The lowest BCUT2D eigenvalue weighted by Crippen LogP contribution is -2.38. The monoisotopic (exact) mass is 272 g/mol. The molecule has 0 aromatic carbocycles. The maximum absolute atomic E-state index is 12.4. The van der Waals surface area contributed by atoms with Crippen molar-refractivity contribution in [3.8, 4) is 12.1 Å². The van der Waals surface area contributed by atoms with Gasteiger partial charge >= 0.3 is 12.4 Å². The van der Waals surface area contributed by atoms with Gasteiger partial charge in [0.2, 0.25) is 0 Å². The van der Waals surface area contributed by atoms with E-state index in [0.29, 0.717) is 13.8 Å². The van der Waals surface area contributed by atoms with Gasteiger partial charge in [-0.25, -0.2) is 0 Å². The van der Waals surface area contributed by atoms with Crippen molar-refractivity contribution in [2.75, 3.05) is 0 Å². The van der Waals surface area contributed by atoms with Gasteiger partial charge in [-0.2, -0.15) is 36.9 Å². The number of nitrogens with zero attached hydrogens (tertiary/aromatic N) is 2. The third-order valence-electron chi connectivity index (χ3n) is 2.80. The fraction of sp³-hybridized carbons (Fsp3) is 0.800. The summed E-state index contributed by atoms with van der Waals surface area (Å²) in [6.45, 7) is 1.20. The highest BCUT2D eigenvalue weighted by molar-refractivity contribution is 5.04. The second-order valence-corrected chi connectivity index (χ2v) is 3.97. The number of hydrogen-bond acceptors (Lipinski definition) is 2. The highest BCUT2D eigenvalue weighted by Crippen LogP contribution is 2.41. The normalized spacial score (nSPS) is 19.2. The first-order valence-electron chi connectivity index (χ1n) is 4.89. The van der Waals surface area contributed by atoms with Gasteiger partial charge in [0, 0.05) is 0 Å². The molecular formula is C10H10F6N2. The third kappa shape index (κ3) is 3.80. The van der Waals surface area contributed by atoms with Crippen molar-refractivity contribution in [3.63, 3.8) is 0 Å². The zero-order chi connectivity index (χ0) is 14.7. The average Bonchev–Trinajstić information content (AvgIpc) is 2.21. The van der Waals surface area contributed by atoms with E-state index in [1.165, 1.54) is 12.1 Å². The van der Waals surface area contributed by atoms with E-state index >= 15 is 0 Å². The number of hydrogen-bond donors (Lipinski definition) is 0. The molecule has 102 valence electrons. The summed E-state index contributed by atoms with van der Waals surface area (Å²) in [4.78, 5) is 0. The molecule has 0 saturated carbocycles. The van der Waals surface area contributed by atoms with Crippen LogP contribution in [0, 0.1) is 46.3 Å². The van der Waals surface area contributed by atoms with Crippen LogP contribution in [0.4, 0.5) is 26.3 Å². The van der Waals surface area contributed by atoms with E-state index < -0.39 is 36.0 Å². The van der Waals surface area contributed by atoms with Crippen molar-refractivity contribution in [3.05, 3.63) is 0 Å². The van der Waals surface area contributed by atoms with E-state index in [4.69, 9.17) is 10.5 Å². The molecule has 4 unspecified atom stereocenters. The number of halogens is 6. The molecule has 18 heavy (non-hydrogen) atoms. The van der Waals surface area contributed by atoms with Crippen LogP contribution in [0.2, 0.25) is 0 Å². The third-order valence-corrected chi connectivity index (χ3v) is 2.80. The fourth-order valence-corrected chi connectivity index (χ4v) is 1.41. The first kappa shape index (κ1) is 16.6. The molecule has 0 aromatic rings. The Kier molecular flexibility index (Phi) is 5.03. The molecule has 0 N–H and O–H groups in total. The fourth-order valence-electron chi connectivity index (χ4n) is 1.41. The Labute approximate surface area is 99.8 Å². The first-order chi connectivity index (χ1) is 7.96. The smallest absolute Gasteiger partial charge is 0.198 e. The highest BCUT2D eigenvalue weighted by Gasteiger charge is 2.51. The zero-order valence-electron chi connectivity index (χ0n) is 9.47. The maximum atomic E-state index is 12.4. The minimum absolute atomic E-state index is 0.599. The van der Waals surface area contributed by atoms with Crippen LogP contribution in [-0.2, 0) is 0 Å². The van der Waals surface area contributed by atoms with Gasteiger partial charge in [-0.15, -0.1) is 0 Å². The van der Waals surface area contributed by atoms with Crippen LogP contribution in [0.25, 0.3) is 0 Å². The quantitative estimate of drug-likeness (QED) is 0.736. The number of nitriles is 2. The molecule has 0 saturated heterocycles. The van der Waals surface area contributed by atoms with E-state index in [-0.39, 0.29) is 0 Å². The number of rotatable bonds is 3. The van der Waals surface area contributed by atoms with Crippen molar-refractivity contribution in [2.24, 2.45) is 23.7 Å². The standard InChI is InChI=1S/C10H10F6N2/c1-5(9(11,12)13)7(3-17)8(4-18)6(2)10(14,15)16/h5-8H,1-2H3. The molecule has 0 aliphatic carbocycles. The van der Waals surface area contributed by atoms with E-state index in [9.17, 15) is 26.3 Å². The summed E-state index contributed by atoms with van der Waals surface area (Å²) in [5, 5.41) is 17.2. The number of alkyl halides is 6. The minimum Gasteiger partial charge on any atom is -0.198 e. The van der Waals surface area contributed by atoms with Crippen LogP contribution in [0.5, 0.6) is 0 Å². The van der Waals surface area contributed by atoms with Crippen molar-refractivity contribution >= 4 is 0 Å². The largest absolute Gasteiger partial charge is 0.392 e. The van der Waals surface area contributed by atoms with Gasteiger partial charge in [-0.3, -0.25) is 0 Å². The summed E-state index contributed by atoms with van der Waals surface area (Å²) in [7, 11) is 0. The van der Waals surface area contributed by atoms with Crippen molar-refractivity contribution in [1.82, 2.24) is 0 Å². The highest BCUT2D eigenvalue weighted by atomic mass is 19.4. The molecule has 0 bridgehead atoms. The Bertz CT molecular complexity index is 323. The Hall–Kier alpha value is -1.44. The van der Waals surface area contributed by atoms with Crippen molar-refractivity contribution < 1.29 is 26.3 Å². The van der Waals surface area contributed by atoms with E-state index in [1.54, 1.807) is 0 Å². The Morgan fingerprint density at radius 2 is 0.944 bits per heavy atom. The van der Waals surface area contributed by atoms with Gasteiger partial charge in [-0.05, 0) is 0 Å².